The van der Waals surface area contributed by atoms with E-state index in [-0.39, 0.29) is 0 Å². The Bertz CT molecular complexity index is 254. The van der Waals surface area contributed by atoms with Crippen LogP contribution in [-0.4, -0.2) is 25.3 Å². The van der Waals surface area contributed by atoms with Gasteiger partial charge in [-0.3, -0.25) is 0 Å². The average molecular weight is 253 g/mol. The van der Waals surface area contributed by atoms with Gasteiger partial charge in [-0.05, 0) is 55.9 Å². The van der Waals surface area contributed by atoms with Crippen LogP contribution in [0.25, 0.3) is 0 Å². The lowest BCUT2D eigenvalue weighted by molar-refractivity contribution is -0.0932. The Morgan fingerprint density at radius 3 is 2.50 bits per heavy atom. The summed E-state index contributed by atoms with van der Waals surface area (Å²) in [5.74, 6) is 1.52. The van der Waals surface area contributed by atoms with Crippen LogP contribution in [0.5, 0.6) is 0 Å². The van der Waals surface area contributed by atoms with Crippen molar-refractivity contribution in [2.45, 2.75) is 71.9 Å². The summed E-state index contributed by atoms with van der Waals surface area (Å²) in [6.45, 7) is 11.9. The molecule has 106 valence electrons. The second-order valence-electron chi connectivity index (χ2n) is 7.21. The summed E-state index contributed by atoms with van der Waals surface area (Å²) in [7, 11) is 0. The molecule has 0 saturated carbocycles. The van der Waals surface area contributed by atoms with Gasteiger partial charge in [-0.2, -0.15) is 0 Å². The van der Waals surface area contributed by atoms with Crippen LogP contribution >= 0.6 is 0 Å². The quantitative estimate of drug-likeness (QED) is 0.781. The molecule has 0 aromatic rings. The van der Waals surface area contributed by atoms with Crippen molar-refractivity contribution < 1.29 is 4.74 Å². The zero-order valence-corrected chi connectivity index (χ0v) is 12.7. The molecule has 2 aliphatic rings. The fourth-order valence-corrected chi connectivity index (χ4v) is 3.42. The Labute approximate surface area is 113 Å². The summed E-state index contributed by atoms with van der Waals surface area (Å²) < 4.78 is 5.63. The Kier molecular flexibility index (Phi) is 4.71. The van der Waals surface area contributed by atoms with Crippen LogP contribution in [0.15, 0.2) is 0 Å². The maximum absolute atomic E-state index is 5.63. The second-order valence-corrected chi connectivity index (χ2v) is 7.21. The second kappa shape index (κ2) is 5.92. The summed E-state index contributed by atoms with van der Waals surface area (Å²) in [6, 6.07) is 0.736. The molecular formula is C16H31NO. The molecule has 2 heterocycles. The zero-order valence-electron chi connectivity index (χ0n) is 12.7. The van der Waals surface area contributed by atoms with E-state index < -0.39 is 0 Å². The average Bonchev–Trinajstić information content (AvgIpc) is 2.77. The normalized spacial score (nSPS) is 32.0. The lowest BCUT2D eigenvalue weighted by atomic mass is 9.75. The lowest BCUT2D eigenvalue weighted by Crippen LogP contribution is -2.39. The highest BCUT2D eigenvalue weighted by molar-refractivity contribution is 4.89. The first kappa shape index (κ1) is 14.3. The third-order valence-electron chi connectivity index (χ3n) is 5.47. The molecule has 4 atom stereocenters. The van der Waals surface area contributed by atoms with E-state index in [1.54, 1.807) is 0 Å². The summed E-state index contributed by atoms with van der Waals surface area (Å²) in [5.41, 5.74) is 0.449. The monoisotopic (exact) mass is 253 g/mol. The molecule has 0 aromatic carbocycles. The standard InChI is InChI=1S/C16H31NO/c1-12(13(2)14-8-11-18-14)7-9-16(3,4)15-6-5-10-17-15/h12-15,17H,5-11H2,1-4H3/t12?,13?,14-,15-/m0/s1. The molecule has 0 bridgehead atoms. The Morgan fingerprint density at radius 2 is 2.00 bits per heavy atom. The number of ether oxygens (including phenoxy) is 1. The minimum atomic E-state index is 0.449. The SMILES string of the molecule is CC(CCC(C)(C)[C@@H]1CCCN1)C(C)[C@@H]1CCO1. The van der Waals surface area contributed by atoms with Gasteiger partial charge in [0.15, 0.2) is 0 Å². The minimum Gasteiger partial charge on any atom is -0.378 e. The Hall–Kier alpha value is -0.0800. The highest BCUT2D eigenvalue weighted by atomic mass is 16.5. The molecule has 2 saturated heterocycles. The van der Waals surface area contributed by atoms with Gasteiger partial charge in [-0.15, -0.1) is 0 Å². The van der Waals surface area contributed by atoms with Crippen molar-refractivity contribution in [2.75, 3.05) is 13.2 Å². The summed E-state index contributed by atoms with van der Waals surface area (Å²) in [5, 5.41) is 3.67. The van der Waals surface area contributed by atoms with Gasteiger partial charge in [0.1, 0.15) is 0 Å². The van der Waals surface area contributed by atoms with E-state index in [2.05, 4.69) is 33.0 Å². The minimum absolute atomic E-state index is 0.449. The first-order chi connectivity index (χ1) is 8.50. The van der Waals surface area contributed by atoms with Crippen molar-refractivity contribution in [3.05, 3.63) is 0 Å². The van der Waals surface area contributed by atoms with Crippen molar-refractivity contribution in [3.63, 3.8) is 0 Å². The molecule has 18 heavy (non-hydrogen) atoms. The first-order valence-corrected chi connectivity index (χ1v) is 7.85. The van der Waals surface area contributed by atoms with E-state index in [1.807, 2.05) is 0 Å². The van der Waals surface area contributed by atoms with Crippen LogP contribution in [0.2, 0.25) is 0 Å². The lowest BCUT2D eigenvalue weighted by Gasteiger charge is -2.37. The number of hydrogen-bond donors (Lipinski definition) is 1. The highest BCUT2D eigenvalue weighted by Crippen LogP contribution is 2.36. The van der Waals surface area contributed by atoms with Crippen LogP contribution in [0.1, 0.15) is 59.8 Å². The topological polar surface area (TPSA) is 21.3 Å². The van der Waals surface area contributed by atoms with Crippen LogP contribution < -0.4 is 5.32 Å². The maximum Gasteiger partial charge on any atom is 0.0625 e. The van der Waals surface area contributed by atoms with Gasteiger partial charge in [-0.25, -0.2) is 0 Å². The largest absolute Gasteiger partial charge is 0.378 e. The molecule has 0 aromatic heterocycles. The maximum atomic E-state index is 5.63. The first-order valence-electron chi connectivity index (χ1n) is 7.85. The molecule has 1 N–H and O–H groups in total. The molecule has 0 radical (unpaired) electrons. The van der Waals surface area contributed by atoms with Gasteiger partial charge in [0, 0.05) is 12.6 Å². The fraction of sp³-hybridized carbons (Fsp3) is 1.00. The van der Waals surface area contributed by atoms with Gasteiger partial charge in [0.25, 0.3) is 0 Å². The van der Waals surface area contributed by atoms with Crippen LogP contribution in [0, 0.1) is 17.3 Å². The molecule has 0 spiro atoms. The molecule has 0 amide bonds. The van der Waals surface area contributed by atoms with Crippen LogP contribution in [0.3, 0.4) is 0 Å². The van der Waals surface area contributed by atoms with Crippen molar-refractivity contribution in [2.24, 2.45) is 17.3 Å². The van der Waals surface area contributed by atoms with E-state index >= 15 is 0 Å². The van der Waals surface area contributed by atoms with Crippen molar-refractivity contribution in [3.8, 4) is 0 Å². The van der Waals surface area contributed by atoms with Crippen molar-refractivity contribution >= 4 is 0 Å². The third kappa shape index (κ3) is 3.27. The molecule has 2 heteroatoms. The van der Waals surface area contributed by atoms with Crippen LogP contribution in [0.4, 0.5) is 0 Å². The summed E-state index contributed by atoms with van der Waals surface area (Å²) in [6.07, 6.45) is 7.22. The number of nitrogens with one attached hydrogen (secondary N) is 1. The Morgan fingerprint density at radius 1 is 1.28 bits per heavy atom. The summed E-state index contributed by atoms with van der Waals surface area (Å²) in [4.78, 5) is 0. The third-order valence-corrected chi connectivity index (χ3v) is 5.47. The number of hydrogen-bond acceptors (Lipinski definition) is 2. The van der Waals surface area contributed by atoms with Gasteiger partial charge in [-0.1, -0.05) is 27.7 Å². The number of rotatable bonds is 6. The molecule has 2 fully saturated rings. The molecule has 2 nitrogen and oxygen atoms in total. The predicted molar refractivity (Wildman–Crippen MR) is 76.7 cm³/mol. The van der Waals surface area contributed by atoms with Crippen molar-refractivity contribution in [1.29, 1.82) is 0 Å². The van der Waals surface area contributed by atoms with E-state index in [9.17, 15) is 0 Å². The molecule has 2 unspecified atom stereocenters. The predicted octanol–water partition coefficient (Wildman–Crippen LogP) is 3.61. The molecule has 0 aliphatic carbocycles. The highest BCUT2D eigenvalue weighted by Gasteiger charge is 2.33. The molecular weight excluding hydrogens is 222 g/mol. The van der Waals surface area contributed by atoms with E-state index in [4.69, 9.17) is 4.74 Å². The van der Waals surface area contributed by atoms with Gasteiger partial charge >= 0.3 is 0 Å². The van der Waals surface area contributed by atoms with Gasteiger partial charge < -0.3 is 10.1 Å². The molecule has 2 rings (SSSR count). The van der Waals surface area contributed by atoms with Gasteiger partial charge in [0.05, 0.1) is 6.10 Å². The fourth-order valence-electron chi connectivity index (χ4n) is 3.42. The van der Waals surface area contributed by atoms with E-state index in [0.717, 1.165) is 24.5 Å². The van der Waals surface area contributed by atoms with Crippen molar-refractivity contribution in [1.82, 2.24) is 5.32 Å². The zero-order chi connectivity index (χ0) is 13.2. The van der Waals surface area contributed by atoms with E-state index in [0.29, 0.717) is 11.5 Å². The Balaban J connectivity index is 1.75. The smallest absolute Gasteiger partial charge is 0.0625 e. The molecule has 2 aliphatic heterocycles. The van der Waals surface area contributed by atoms with E-state index in [1.165, 1.54) is 38.6 Å². The summed E-state index contributed by atoms with van der Waals surface area (Å²) >= 11 is 0. The van der Waals surface area contributed by atoms with Gasteiger partial charge in [0.2, 0.25) is 0 Å². The van der Waals surface area contributed by atoms with Crippen LogP contribution in [-0.2, 0) is 4.74 Å².